The lowest BCUT2D eigenvalue weighted by Gasteiger charge is -2.31. The van der Waals surface area contributed by atoms with Gasteiger partial charge in [-0.25, -0.2) is 8.42 Å². The van der Waals surface area contributed by atoms with Crippen molar-refractivity contribution in [1.82, 2.24) is 10.6 Å². The van der Waals surface area contributed by atoms with Crippen LogP contribution in [0.4, 0.5) is 11.4 Å². The van der Waals surface area contributed by atoms with Crippen LogP contribution in [0.3, 0.4) is 0 Å². The highest BCUT2D eigenvalue weighted by Crippen LogP contribution is 2.30. The lowest BCUT2D eigenvalue weighted by Crippen LogP contribution is -2.43. The Hall–Kier alpha value is -3.36. The fourth-order valence-electron chi connectivity index (χ4n) is 3.74. The summed E-state index contributed by atoms with van der Waals surface area (Å²) in [6.07, 6.45) is 0. The fourth-order valence-corrected chi connectivity index (χ4v) is 4.81. The van der Waals surface area contributed by atoms with Crippen LogP contribution in [0, 0.1) is 6.92 Å². The van der Waals surface area contributed by atoms with E-state index in [9.17, 15) is 13.2 Å². The second-order valence-electron chi connectivity index (χ2n) is 8.06. The summed E-state index contributed by atoms with van der Waals surface area (Å²) in [5.74, 6) is -0.263. The number of hydrogen-bond donors (Lipinski definition) is 3. The van der Waals surface area contributed by atoms with E-state index in [-0.39, 0.29) is 10.8 Å². The van der Waals surface area contributed by atoms with E-state index in [1.54, 1.807) is 36.4 Å². The standard InChI is InChI=1S/C25H28N4O3S/c1-19-7-10-22(11-8-19)33(31,32)28-23-17-21(9-12-24(23)29-15-13-26-14-16-29)25(30)27-18-20-5-3-2-4-6-20/h2-12,17,26,28H,13-16,18H2,1H3,(H,27,30). The second kappa shape index (κ2) is 10.1. The molecule has 3 N–H and O–H groups in total. The van der Waals surface area contributed by atoms with Crippen molar-refractivity contribution in [2.45, 2.75) is 18.4 Å². The van der Waals surface area contributed by atoms with Crippen molar-refractivity contribution in [3.05, 3.63) is 89.5 Å². The van der Waals surface area contributed by atoms with E-state index in [1.807, 2.05) is 43.3 Å². The first-order chi connectivity index (χ1) is 15.9. The van der Waals surface area contributed by atoms with Crippen LogP contribution in [0.1, 0.15) is 21.5 Å². The number of sulfonamides is 1. The molecular formula is C25H28N4O3S. The highest BCUT2D eigenvalue weighted by atomic mass is 32.2. The maximum Gasteiger partial charge on any atom is 0.261 e. The molecule has 172 valence electrons. The highest BCUT2D eigenvalue weighted by Gasteiger charge is 2.21. The van der Waals surface area contributed by atoms with Crippen molar-refractivity contribution < 1.29 is 13.2 Å². The van der Waals surface area contributed by atoms with E-state index in [1.165, 1.54) is 0 Å². The Bertz CT molecular complexity index is 1210. The first-order valence-electron chi connectivity index (χ1n) is 10.9. The van der Waals surface area contributed by atoms with Gasteiger partial charge in [0.05, 0.1) is 16.3 Å². The second-order valence-corrected chi connectivity index (χ2v) is 9.74. The SMILES string of the molecule is Cc1ccc(S(=O)(=O)Nc2cc(C(=O)NCc3ccccc3)ccc2N2CCNCC2)cc1. The minimum atomic E-state index is -3.81. The van der Waals surface area contributed by atoms with Gasteiger partial charge in [-0.05, 0) is 42.8 Å². The molecule has 0 radical (unpaired) electrons. The Morgan fingerprint density at radius 3 is 2.36 bits per heavy atom. The quantitative estimate of drug-likeness (QED) is 0.500. The van der Waals surface area contributed by atoms with Gasteiger partial charge in [0.15, 0.2) is 0 Å². The van der Waals surface area contributed by atoms with Crippen LogP contribution in [-0.4, -0.2) is 40.5 Å². The number of piperazine rings is 1. The molecule has 4 rings (SSSR count). The molecule has 3 aromatic rings. The number of nitrogens with one attached hydrogen (secondary N) is 3. The Morgan fingerprint density at radius 2 is 1.67 bits per heavy atom. The summed E-state index contributed by atoms with van der Waals surface area (Å²) < 4.78 is 28.9. The zero-order chi connectivity index (χ0) is 23.3. The molecule has 1 aliphatic heterocycles. The van der Waals surface area contributed by atoms with E-state index in [0.29, 0.717) is 17.8 Å². The molecule has 1 amide bonds. The van der Waals surface area contributed by atoms with E-state index < -0.39 is 10.0 Å². The van der Waals surface area contributed by atoms with Gasteiger partial charge in [0, 0.05) is 38.3 Å². The molecule has 0 saturated carbocycles. The summed E-state index contributed by atoms with van der Waals surface area (Å²) >= 11 is 0. The largest absolute Gasteiger partial charge is 0.367 e. The van der Waals surface area contributed by atoms with Crippen LogP contribution in [0.25, 0.3) is 0 Å². The Labute approximate surface area is 194 Å². The Kier molecular flexibility index (Phi) is 6.96. The van der Waals surface area contributed by atoms with Crippen LogP contribution >= 0.6 is 0 Å². The number of rotatable bonds is 7. The van der Waals surface area contributed by atoms with Crippen LogP contribution in [0.15, 0.2) is 77.7 Å². The summed E-state index contributed by atoms with van der Waals surface area (Å²) in [5, 5.41) is 6.20. The topological polar surface area (TPSA) is 90.5 Å². The van der Waals surface area contributed by atoms with Crippen molar-refractivity contribution in [3.63, 3.8) is 0 Å². The van der Waals surface area contributed by atoms with Gasteiger partial charge >= 0.3 is 0 Å². The first kappa shape index (κ1) is 22.8. The number of carbonyl (C=O) groups excluding carboxylic acids is 1. The summed E-state index contributed by atoms with van der Waals surface area (Å²) in [6, 6.07) is 21.5. The average Bonchev–Trinajstić information content (AvgIpc) is 2.84. The number of carbonyl (C=O) groups is 1. The zero-order valence-corrected chi connectivity index (χ0v) is 19.4. The molecule has 1 heterocycles. The van der Waals surface area contributed by atoms with Crippen LogP contribution in [0.2, 0.25) is 0 Å². The number of aryl methyl sites for hydroxylation is 1. The van der Waals surface area contributed by atoms with Gasteiger partial charge in [-0.1, -0.05) is 48.0 Å². The number of benzene rings is 3. The third kappa shape index (κ3) is 5.71. The van der Waals surface area contributed by atoms with Crippen molar-refractivity contribution in [1.29, 1.82) is 0 Å². The molecule has 1 aliphatic rings. The van der Waals surface area contributed by atoms with Crippen molar-refractivity contribution in [2.24, 2.45) is 0 Å². The Balaban J connectivity index is 1.61. The zero-order valence-electron chi connectivity index (χ0n) is 18.5. The van der Waals surface area contributed by atoms with Gasteiger partial charge in [-0.2, -0.15) is 0 Å². The van der Waals surface area contributed by atoms with Crippen molar-refractivity contribution >= 4 is 27.3 Å². The van der Waals surface area contributed by atoms with E-state index >= 15 is 0 Å². The highest BCUT2D eigenvalue weighted by molar-refractivity contribution is 7.92. The van der Waals surface area contributed by atoms with Gasteiger partial charge in [-0.15, -0.1) is 0 Å². The fraction of sp³-hybridized carbons (Fsp3) is 0.240. The summed E-state index contributed by atoms with van der Waals surface area (Å²) in [7, 11) is -3.81. The monoisotopic (exact) mass is 464 g/mol. The average molecular weight is 465 g/mol. The van der Waals surface area contributed by atoms with E-state index in [4.69, 9.17) is 0 Å². The third-order valence-corrected chi connectivity index (χ3v) is 6.97. The van der Waals surface area contributed by atoms with Gasteiger partial charge in [0.2, 0.25) is 0 Å². The molecule has 0 bridgehead atoms. The number of amides is 1. The molecule has 1 saturated heterocycles. The minimum Gasteiger partial charge on any atom is -0.367 e. The van der Waals surface area contributed by atoms with Gasteiger partial charge in [-0.3, -0.25) is 9.52 Å². The van der Waals surface area contributed by atoms with Gasteiger partial charge < -0.3 is 15.5 Å². The number of hydrogen-bond acceptors (Lipinski definition) is 5. The van der Waals surface area contributed by atoms with Crippen LogP contribution in [0.5, 0.6) is 0 Å². The molecule has 7 nitrogen and oxygen atoms in total. The van der Waals surface area contributed by atoms with E-state index in [2.05, 4.69) is 20.3 Å². The summed E-state index contributed by atoms with van der Waals surface area (Å²) in [6.45, 7) is 5.41. The lowest BCUT2D eigenvalue weighted by molar-refractivity contribution is 0.0951. The van der Waals surface area contributed by atoms with Gasteiger partial charge in [0.1, 0.15) is 0 Å². The minimum absolute atomic E-state index is 0.179. The normalized spacial score (nSPS) is 14.0. The molecule has 0 aliphatic carbocycles. The van der Waals surface area contributed by atoms with Crippen LogP contribution in [-0.2, 0) is 16.6 Å². The predicted molar refractivity (Wildman–Crippen MR) is 131 cm³/mol. The van der Waals surface area contributed by atoms with E-state index in [0.717, 1.165) is 43.0 Å². The van der Waals surface area contributed by atoms with Crippen LogP contribution < -0.4 is 20.3 Å². The molecule has 0 spiro atoms. The predicted octanol–water partition coefficient (Wildman–Crippen LogP) is 3.14. The molecule has 0 unspecified atom stereocenters. The molecule has 1 fully saturated rings. The Morgan fingerprint density at radius 1 is 0.970 bits per heavy atom. The first-order valence-corrected chi connectivity index (χ1v) is 12.4. The smallest absolute Gasteiger partial charge is 0.261 e. The third-order valence-electron chi connectivity index (χ3n) is 5.59. The maximum atomic E-state index is 13.1. The number of nitrogens with zero attached hydrogens (tertiary/aromatic N) is 1. The molecule has 33 heavy (non-hydrogen) atoms. The molecule has 0 aromatic heterocycles. The molecule has 3 aromatic carbocycles. The molecular weight excluding hydrogens is 436 g/mol. The lowest BCUT2D eigenvalue weighted by atomic mass is 10.1. The molecule has 8 heteroatoms. The summed E-state index contributed by atoms with van der Waals surface area (Å²) in [5.41, 5.74) is 3.51. The maximum absolute atomic E-state index is 13.1. The van der Waals surface area contributed by atoms with Crippen molar-refractivity contribution in [3.8, 4) is 0 Å². The summed E-state index contributed by atoms with van der Waals surface area (Å²) in [4.78, 5) is 15.1. The van der Waals surface area contributed by atoms with Crippen molar-refractivity contribution in [2.75, 3.05) is 35.8 Å². The molecule has 0 atom stereocenters. The number of anilines is 2. The van der Waals surface area contributed by atoms with Gasteiger partial charge in [0.25, 0.3) is 15.9 Å².